The van der Waals surface area contributed by atoms with Gasteiger partial charge in [-0.25, -0.2) is 0 Å². The number of rotatable bonds is 8. The van der Waals surface area contributed by atoms with E-state index in [1.165, 1.54) is 45.6 Å². The highest BCUT2D eigenvalue weighted by Gasteiger charge is 1.98. The number of halogens is 2. The van der Waals surface area contributed by atoms with Gasteiger partial charge in [-0.1, -0.05) is 45.4 Å². The van der Waals surface area contributed by atoms with Gasteiger partial charge in [0.2, 0.25) is 0 Å². The van der Waals surface area contributed by atoms with Crippen LogP contribution in [0.1, 0.15) is 58.3 Å². The van der Waals surface area contributed by atoms with Crippen molar-refractivity contribution in [3.63, 3.8) is 0 Å². The van der Waals surface area contributed by atoms with Gasteiger partial charge in [0.15, 0.2) is 0 Å². The SMILES string of the molecule is CCCCCCCCCC(=O)OC.Cl.Cl. The first kappa shape index (κ1) is 20.5. The number of hydrogen-bond donors (Lipinski definition) is 0. The Labute approximate surface area is 106 Å². The fourth-order valence-electron chi connectivity index (χ4n) is 1.33. The molecule has 0 saturated heterocycles. The fraction of sp³-hybridized carbons (Fsp3) is 0.909. The Kier molecular flexibility index (Phi) is 22.5. The summed E-state index contributed by atoms with van der Waals surface area (Å²) < 4.78 is 4.56. The molecule has 0 aliphatic carbocycles. The summed E-state index contributed by atoms with van der Waals surface area (Å²) in [5, 5.41) is 0. The van der Waals surface area contributed by atoms with Crippen molar-refractivity contribution in [1.29, 1.82) is 0 Å². The summed E-state index contributed by atoms with van der Waals surface area (Å²) in [4.78, 5) is 10.7. The molecule has 0 aromatic carbocycles. The number of hydrogen-bond acceptors (Lipinski definition) is 2. The van der Waals surface area contributed by atoms with Crippen molar-refractivity contribution in [2.24, 2.45) is 0 Å². The molecule has 0 saturated carbocycles. The largest absolute Gasteiger partial charge is 0.469 e. The van der Waals surface area contributed by atoms with Gasteiger partial charge in [-0.15, -0.1) is 24.8 Å². The van der Waals surface area contributed by atoms with E-state index >= 15 is 0 Å². The fourth-order valence-corrected chi connectivity index (χ4v) is 1.33. The summed E-state index contributed by atoms with van der Waals surface area (Å²) in [6.45, 7) is 2.22. The molecule has 2 nitrogen and oxygen atoms in total. The summed E-state index contributed by atoms with van der Waals surface area (Å²) in [5.74, 6) is -0.0754. The van der Waals surface area contributed by atoms with Crippen molar-refractivity contribution in [2.45, 2.75) is 58.3 Å². The molecule has 0 bridgehead atoms. The van der Waals surface area contributed by atoms with Crippen molar-refractivity contribution >= 4 is 30.8 Å². The zero-order valence-corrected chi connectivity index (χ0v) is 11.4. The van der Waals surface area contributed by atoms with E-state index in [1.807, 2.05) is 0 Å². The molecule has 0 aliphatic heterocycles. The van der Waals surface area contributed by atoms with Crippen LogP contribution in [0.25, 0.3) is 0 Å². The Hall–Kier alpha value is 0.0500. The van der Waals surface area contributed by atoms with Gasteiger partial charge in [0.1, 0.15) is 0 Å². The quantitative estimate of drug-likeness (QED) is 0.483. The van der Waals surface area contributed by atoms with Gasteiger partial charge >= 0.3 is 5.97 Å². The summed E-state index contributed by atoms with van der Waals surface area (Å²) in [5.41, 5.74) is 0. The molecule has 0 N–H and O–H groups in total. The van der Waals surface area contributed by atoms with Crippen molar-refractivity contribution < 1.29 is 9.53 Å². The lowest BCUT2D eigenvalue weighted by molar-refractivity contribution is -0.140. The normalized spacial score (nSPS) is 8.67. The molecular formula is C11H24Cl2O2. The lowest BCUT2D eigenvalue weighted by atomic mass is 10.1. The van der Waals surface area contributed by atoms with E-state index in [9.17, 15) is 4.79 Å². The molecule has 0 radical (unpaired) electrons. The third kappa shape index (κ3) is 16.7. The van der Waals surface area contributed by atoms with E-state index in [4.69, 9.17) is 0 Å². The number of carbonyl (C=O) groups is 1. The molecule has 0 spiro atoms. The smallest absolute Gasteiger partial charge is 0.305 e. The van der Waals surface area contributed by atoms with Gasteiger partial charge in [0, 0.05) is 6.42 Å². The molecule has 0 aromatic rings. The number of ether oxygens (including phenoxy) is 1. The van der Waals surface area contributed by atoms with Crippen LogP contribution >= 0.6 is 24.8 Å². The van der Waals surface area contributed by atoms with Gasteiger partial charge in [-0.3, -0.25) is 4.79 Å². The maximum atomic E-state index is 10.7. The second-order valence-corrected chi connectivity index (χ2v) is 3.45. The van der Waals surface area contributed by atoms with Gasteiger partial charge < -0.3 is 4.74 Å². The maximum absolute atomic E-state index is 10.7. The average molecular weight is 259 g/mol. The number of esters is 1. The van der Waals surface area contributed by atoms with Crippen LogP contribution in [0.15, 0.2) is 0 Å². The highest BCUT2D eigenvalue weighted by molar-refractivity contribution is 5.85. The summed E-state index contributed by atoms with van der Waals surface area (Å²) in [6, 6.07) is 0. The van der Waals surface area contributed by atoms with Crippen molar-refractivity contribution in [3.05, 3.63) is 0 Å². The molecule has 0 heterocycles. The van der Waals surface area contributed by atoms with Crippen LogP contribution in [0.2, 0.25) is 0 Å². The van der Waals surface area contributed by atoms with Crippen LogP contribution in [-0.4, -0.2) is 13.1 Å². The highest BCUT2D eigenvalue weighted by Crippen LogP contribution is 2.08. The first-order valence-electron chi connectivity index (χ1n) is 5.38. The molecule has 0 atom stereocenters. The van der Waals surface area contributed by atoms with Crippen LogP contribution in [0.3, 0.4) is 0 Å². The van der Waals surface area contributed by atoms with Crippen LogP contribution in [0.5, 0.6) is 0 Å². The Morgan fingerprint density at radius 2 is 1.40 bits per heavy atom. The predicted molar refractivity (Wildman–Crippen MR) is 69.1 cm³/mol. The lowest BCUT2D eigenvalue weighted by Gasteiger charge is -2.00. The van der Waals surface area contributed by atoms with Crippen molar-refractivity contribution in [1.82, 2.24) is 0 Å². The minimum atomic E-state index is -0.0754. The molecule has 15 heavy (non-hydrogen) atoms. The molecule has 4 heteroatoms. The van der Waals surface area contributed by atoms with Crippen molar-refractivity contribution in [2.75, 3.05) is 7.11 Å². The van der Waals surface area contributed by atoms with E-state index in [1.54, 1.807) is 0 Å². The van der Waals surface area contributed by atoms with Crippen LogP contribution < -0.4 is 0 Å². The minimum absolute atomic E-state index is 0. The van der Waals surface area contributed by atoms with Crippen LogP contribution in [0.4, 0.5) is 0 Å². The van der Waals surface area contributed by atoms with Crippen LogP contribution in [-0.2, 0) is 9.53 Å². The summed E-state index contributed by atoms with van der Waals surface area (Å²) in [7, 11) is 1.45. The maximum Gasteiger partial charge on any atom is 0.305 e. The second kappa shape index (κ2) is 16.5. The molecular weight excluding hydrogens is 235 g/mol. The van der Waals surface area contributed by atoms with Gasteiger partial charge in [-0.2, -0.15) is 0 Å². The third-order valence-corrected chi connectivity index (χ3v) is 2.21. The monoisotopic (exact) mass is 258 g/mol. The zero-order chi connectivity index (χ0) is 9.94. The lowest BCUT2D eigenvalue weighted by Crippen LogP contribution is -1.99. The summed E-state index contributed by atoms with van der Waals surface area (Å²) in [6.07, 6.45) is 9.29. The van der Waals surface area contributed by atoms with Crippen LogP contribution in [0, 0.1) is 0 Å². The van der Waals surface area contributed by atoms with E-state index in [0.717, 1.165) is 6.42 Å². The Morgan fingerprint density at radius 1 is 0.933 bits per heavy atom. The van der Waals surface area contributed by atoms with Gasteiger partial charge in [0.05, 0.1) is 7.11 Å². The topological polar surface area (TPSA) is 26.3 Å². The minimum Gasteiger partial charge on any atom is -0.469 e. The highest BCUT2D eigenvalue weighted by atomic mass is 35.5. The molecule has 0 aromatic heterocycles. The predicted octanol–water partition coefficient (Wildman–Crippen LogP) is 4.14. The first-order valence-corrected chi connectivity index (χ1v) is 5.38. The Bertz CT molecular complexity index is 130. The molecule has 0 amide bonds. The average Bonchev–Trinajstić information content (AvgIpc) is 2.16. The number of carbonyl (C=O) groups excluding carboxylic acids is 1. The van der Waals surface area contributed by atoms with E-state index in [-0.39, 0.29) is 30.8 Å². The standard InChI is InChI=1S/C11H22O2.2ClH/c1-3-4-5-6-7-8-9-10-11(12)13-2;;/h3-10H2,1-2H3;2*1H. The van der Waals surface area contributed by atoms with E-state index in [2.05, 4.69) is 11.7 Å². The Morgan fingerprint density at radius 3 is 1.87 bits per heavy atom. The van der Waals surface area contributed by atoms with E-state index < -0.39 is 0 Å². The number of methoxy groups -OCH3 is 1. The number of unbranched alkanes of at least 4 members (excludes halogenated alkanes) is 6. The second-order valence-electron chi connectivity index (χ2n) is 3.45. The molecule has 0 unspecified atom stereocenters. The molecule has 0 fully saturated rings. The molecule has 0 aliphatic rings. The third-order valence-electron chi connectivity index (χ3n) is 2.21. The van der Waals surface area contributed by atoms with E-state index in [0.29, 0.717) is 6.42 Å². The molecule has 94 valence electrons. The Balaban J connectivity index is -0.000000720. The zero-order valence-electron chi connectivity index (χ0n) is 9.79. The van der Waals surface area contributed by atoms with Crippen molar-refractivity contribution in [3.8, 4) is 0 Å². The summed E-state index contributed by atoms with van der Waals surface area (Å²) >= 11 is 0. The first-order chi connectivity index (χ1) is 6.31. The van der Waals surface area contributed by atoms with Gasteiger partial charge in [0.25, 0.3) is 0 Å². The molecule has 0 rings (SSSR count). The van der Waals surface area contributed by atoms with Gasteiger partial charge in [-0.05, 0) is 6.42 Å².